The van der Waals surface area contributed by atoms with E-state index in [-0.39, 0.29) is 0 Å². The summed E-state index contributed by atoms with van der Waals surface area (Å²) in [7, 11) is 0. The van der Waals surface area contributed by atoms with Crippen LogP contribution < -0.4 is 0 Å². The van der Waals surface area contributed by atoms with E-state index in [4.69, 9.17) is 14.4 Å². The lowest BCUT2D eigenvalue weighted by molar-refractivity contribution is 0.669. The zero-order valence-electron chi connectivity index (χ0n) is 37.3. The zero-order valence-corrected chi connectivity index (χ0v) is 37.3. The van der Waals surface area contributed by atoms with Gasteiger partial charge in [-0.05, 0) is 140 Å². The van der Waals surface area contributed by atoms with Gasteiger partial charge in [0, 0.05) is 33.2 Å². The number of hydrogen-bond acceptors (Lipinski definition) is 3. The van der Waals surface area contributed by atoms with E-state index in [1.807, 2.05) is 0 Å². The van der Waals surface area contributed by atoms with Crippen molar-refractivity contribution in [2.45, 2.75) is 18.8 Å². The third-order valence-electron chi connectivity index (χ3n) is 13.9. The number of aromatic nitrogens is 2. The molecule has 3 nitrogen and oxygen atoms in total. The molecule has 13 rings (SSSR count). The number of benzene rings is 10. The van der Waals surface area contributed by atoms with Crippen LogP contribution >= 0.6 is 0 Å². The molecule has 0 amide bonds. The Morgan fingerprint density at radius 2 is 0.956 bits per heavy atom. The molecule has 0 N–H and O–H groups in total. The highest BCUT2D eigenvalue weighted by molar-refractivity contribution is 6.13. The van der Waals surface area contributed by atoms with Gasteiger partial charge >= 0.3 is 0 Å². The number of fused-ring (bicyclic) bond motifs is 7. The zero-order chi connectivity index (χ0) is 45.0. The Morgan fingerprint density at radius 3 is 1.75 bits per heavy atom. The van der Waals surface area contributed by atoms with Gasteiger partial charge in [-0.2, -0.15) is 0 Å². The van der Waals surface area contributed by atoms with Crippen molar-refractivity contribution in [3.8, 4) is 78.3 Å². The first-order valence-corrected chi connectivity index (χ1v) is 23.6. The van der Waals surface area contributed by atoms with Crippen LogP contribution in [0.3, 0.4) is 0 Å². The van der Waals surface area contributed by atoms with Gasteiger partial charge in [-0.25, -0.2) is 9.97 Å². The van der Waals surface area contributed by atoms with Gasteiger partial charge in [0.25, 0.3) is 0 Å². The number of rotatable bonds is 7. The molecule has 0 aliphatic heterocycles. The summed E-state index contributed by atoms with van der Waals surface area (Å²) in [6, 6.07) is 85.2. The Labute approximate surface area is 395 Å². The van der Waals surface area contributed by atoms with E-state index < -0.39 is 0 Å². The fourth-order valence-corrected chi connectivity index (χ4v) is 10.6. The number of aryl methyl sites for hydroxylation is 1. The molecule has 0 fully saturated rings. The van der Waals surface area contributed by atoms with Crippen molar-refractivity contribution in [1.82, 2.24) is 9.97 Å². The summed E-state index contributed by atoms with van der Waals surface area (Å²) in [5.41, 5.74) is 21.5. The van der Waals surface area contributed by atoms with Crippen LogP contribution in [0.15, 0.2) is 241 Å². The lowest BCUT2D eigenvalue weighted by Crippen LogP contribution is -2.02. The maximum Gasteiger partial charge on any atom is 0.161 e. The highest BCUT2D eigenvalue weighted by Gasteiger charge is 2.25. The van der Waals surface area contributed by atoms with Crippen LogP contribution in [0.2, 0.25) is 0 Å². The van der Waals surface area contributed by atoms with Crippen LogP contribution in [0.4, 0.5) is 0 Å². The summed E-state index contributed by atoms with van der Waals surface area (Å²) in [4.78, 5) is 10.8. The fraction of sp³-hybridized carbons (Fsp3) is 0.0462. The second-order valence-corrected chi connectivity index (χ2v) is 18.0. The van der Waals surface area contributed by atoms with E-state index >= 15 is 0 Å². The lowest BCUT2D eigenvalue weighted by atomic mass is 9.84. The average Bonchev–Trinajstić information content (AvgIpc) is 3.71. The van der Waals surface area contributed by atoms with Crippen molar-refractivity contribution < 1.29 is 4.42 Å². The first-order chi connectivity index (χ1) is 33.7. The maximum atomic E-state index is 6.62. The van der Waals surface area contributed by atoms with Gasteiger partial charge in [0.2, 0.25) is 0 Å². The number of para-hydroxylation sites is 1. The number of hydrogen-bond donors (Lipinski definition) is 0. The van der Waals surface area contributed by atoms with Crippen LogP contribution in [0.1, 0.15) is 29.0 Å². The fourth-order valence-electron chi connectivity index (χ4n) is 10.6. The average molecular weight is 869 g/mol. The predicted octanol–water partition coefficient (Wildman–Crippen LogP) is 17.3. The van der Waals surface area contributed by atoms with Gasteiger partial charge in [-0.3, -0.25) is 0 Å². The van der Waals surface area contributed by atoms with E-state index in [0.29, 0.717) is 11.7 Å². The third kappa shape index (κ3) is 7.08. The van der Waals surface area contributed by atoms with Crippen molar-refractivity contribution in [2.75, 3.05) is 0 Å². The molecule has 0 spiro atoms. The van der Waals surface area contributed by atoms with Crippen molar-refractivity contribution in [3.63, 3.8) is 0 Å². The Kier molecular flexibility index (Phi) is 9.72. The maximum absolute atomic E-state index is 6.62. The summed E-state index contributed by atoms with van der Waals surface area (Å²) in [5.74, 6) is 0.983. The van der Waals surface area contributed by atoms with E-state index in [0.717, 1.165) is 79.2 Å². The van der Waals surface area contributed by atoms with Crippen LogP contribution in [0.25, 0.3) is 111 Å². The molecule has 0 saturated carbocycles. The van der Waals surface area contributed by atoms with Crippen molar-refractivity contribution >= 4 is 32.8 Å². The van der Waals surface area contributed by atoms with E-state index in [1.165, 1.54) is 55.6 Å². The lowest BCUT2D eigenvalue weighted by Gasteiger charge is -2.19. The summed E-state index contributed by atoms with van der Waals surface area (Å²) >= 11 is 0. The minimum atomic E-state index is 0.322. The van der Waals surface area contributed by atoms with Crippen LogP contribution in [0, 0.1) is 0 Å². The summed E-state index contributed by atoms with van der Waals surface area (Å²) < 4.78 is 6.62. The minimum Gasteiger partial charge on any atom is -0.456 e. The smallest absolute Gasteiger partial charge is 0.161 e. The Balaban J connectivity index is 0.936. The molecule has 1 aliphatic rings. The number of nitrogens with zero attached hydrogens (tertiary/aromatic N) is 2. The molecule has 2 heterocycles. The van der Waals surface area contributed by atoms with E-state index in [2.05, 4.69) is 237 Å². The summed E-state index contributed by atoms with van der Waals surface area (Å²) in [5, 5.41) is 3.05. The minimum absolute atomic E-state index is 0.322. The number of furan rings is 1. The molecule has 1 aliphatic carbocycles. The second-order valence-electron chi connectivity index (χ2n) is 18.0. The normalized spacial score (nSPS) is 13.3. The predicted molar refractivity (Wildman–Crippen MR) is 281 cm³/mol. The van der Waals surface area contributed by atoms with E-state index in [1.54, 1.807) is 0 Å². The van der Waals surface area contributed by atoms with Gasteiger partial charge in [0.05, 0.1) is 11.2 Å². The largest absolute Gasteiger partial charge is 0.456 e. The van der Waals surface area contributed by atoms with Gasteiger partial charge in [-0.15, -0.1) is 0 Å². The Bertz CT molecular complexity index is 3800. The molecule has 0 radical (unpaired) electrons. The SMILES string of the molecule is c1ccc(-c2cc(-c3ccccc3)cc(-c3cccc(-c4nc(-c5cccc6oc7ccc(-c8ccc9c(c8)-c8ccccc8CCC9c8ccccc8)cc7c56)nc5ccccc45)c3)c2)cc1. The summed E-state index contributed by atoms with van der Waals surface area (Å²) in [6.07, 6.45) is 2.11. The van der Waals surface area contributed by atoms with E-state index in [9.17, 15) is 0 Å². The first kappa shape index (κ1) is 39.7. The molecule has 320 valence electrons. The Morgan fingerprint density at radius 1 is 0.368 bits per heavy atom. The molecule has 1 atom stereocenters. The molecular formula is C65H44N2O. The standard InChI is InChI=1S/C65H44N2O/c1-4-16-42(17-5-1)50-37-51(43-18-6-2-7-19-43)39-52(38-50)46-23-14-24-49(36-46)64-56-26-12-13-28-60(56)66-65(67-64)57-27-15-29-62-63(57)59-41-48(32-35-61(59)68-62)47-31-34-55-54(44-20-8-3-9-21-44)33-30-45-22-10-11-25-53(45)58(55)40-47/h1-29,31-32,34-41,54H,30,33H2. The third-order valence-corrected chi connectivity index (χ3v) is 13.9. The van der Waals surface area contributed by atoms with Gasteiger partial charge < -0.3 is 4.42 Å². The first-order valence-electron chi connectivity index (χ1n) is 23.6. The summed E-state index contributed by atoms with van der Waals surface area (Å²) in [6.45, 7) is 0. The molecule has 68 heavy (non-hydrogen) atoms. The molecular weight excluding hydrogens is 825 g/mol. The molecule has 3 heteroatoms. The van der Waals surface area contributed by atoms with Gasteiger partial charge in [0.1, 0.15) is 11.2 Å². The monoisotopic (exact) mass is 868 g/mol. The topological polar surface area (TPSA) is 38.9 Å². The van der Waals surface area contributed by atoms with Gasteiger partial charge in [-0.1, -0.05) is 182 Å². The quantitative estimate of drug-likeness (QED) is 0.160. The molecule has 2 aromatic heterocycles. The highest BCUT2D eigenvalue weighted by Crippen LogP contribution is 2.45. The molecule has 10 aromatic carbocycles. The van der Waals surface area contributed by atoms with Crippen LogP contribution in [-0.2, 0) is 6.42 Å². The highest BCUT2D eigenvalue weighted by atomic mass is 16.3. The van der Waals surface area contributed by atoms with Crippen molar-refractivity contribution in [2.24, 2.45) is 0 Å². The van der Waals surface area contributed by atoms with Crippen LogP contribution in [-0.4, -0.2) is 9.97 Å². The van der Waals surface area contributed by atoms with Crippen molar-refractivity contribution in [3.05, 3.63) is 253 Å². The molecule has 0 bridgehead atoms. The molecule has 12 aromatic rings. The molecule has 1 unspecified atom stereocenters. The van der Waals surface area contributed by atoms with Crippen LogP contribution in [0.5, 0.6) is 0 Å². The Hall–Kier alpha value is -8.66. The molecule has 0 saturated heterocycles. The van der Waals surface area contributed by atoms with Crippen molar-refractivity contribution in [1.29, 1.82) is 0 Å². The second kappa shape index (κ2) is 16.6. The van der Waals surface area contributed by atoms with Gasteiger partial charge in [0.15, 0.2) is 5.82 Å².